The zero-order valence-electron chi connectivity index (χ0n) is 16.3. The highest BCUT2D eigenvalue weighted by Gasteiger charge is 2.27. The summed E-state index contributed by atoms with van der Waals surface area (Å²) in [6, 6.07) is 14.2. The van der Waals surface area contributed by atoms with Gasteiger partial charge in [0, 0.05) is 7.05 Å². The van der Waals surface area contributed by atoms with Crippen LogP contribution in [-0.4, -0.2) is 42.9 Å². The van der Waals surface area contributed by atoms with E-state index < -0.39 is 11.9 Å². The minimum Gasteiger partial charge on any atom is -0.484 e. The lowest BCUT2D eigenvalue weighted by atomic mass is 9.87. The van der Waals surface area contributed by atoms with Gasteiger partial charge in [-0.15, -0.1) is 0 Å². The second-order valence-electron chi connectivity index (χ2n) is 6.97. The predicted molar refractivity (Wildman–Crippen MR) is 106 cm³/mol. The number of primary amides is 1. The second kappa shape index (κ2) is 9.23. The maximum atomic E-state index is 12.6. The molecule has 1 aliphatic carbocycles. The van der Waals surface area contributed by atoms with Gasteiger partial charge in [-0.1, -0.05) is 24.3 Å². The summed E-state index contributed by atoms with van der Waals surface area (Å²) in [5.74, 6) is -1.03. The van der Waals surface area contributed by atoms with E-state index in [1.807, 2.05) is 12.1 Å². The van der Waals surface area contributed by atoms with Gasteiger partial charge in [-0.25, -0.2) is 4.79 Å². The Labute approximate surface area is 169 Å². The van der Waals surface area contributed by atoms with Crippen LogP contribution >= 0.6 is 0 Å². The number of ether oxygens (including phenoxy) is 2. The number of fused-ring (bicyclic) bond motifs is 1. The average molecular weight is 396 g/mol. The van der Waals surface area contributed by atoms with E-state index in [2.05, 4.69) is 12.1 Å². The molecule has 152 valence electrons. The van der Waals surface area contributed by atoms with Crippen molar-refractivity contribution in [2.45, 2.75) is 25.3 Å². The van der Waals surface area contributed by atoms with Crippen LogP contribution < -0.4 is 10.5 Å². The molecule has 0 fully saturated rings. The molecule has 7 heteroatoms. The van der Waals surface area contributed by atoms with Gasteiger partial charge in [-0.2, -0.15) is 0 Å². The van der Waals surface area contributed by atoms with Gasteiger partial charge in [0.25, 0.3) is 11.8 Å². The largest absolute Gasteiger partial charge is 0.484 e. The minimum atomic E-state index is -0.600. The zero-order chi connectivity index (χ0) is 20.8. The number of hydrogen-bond acceptors (Lipinski definition) is 5. The number of esters is 1. The third kappa shape index (κ3) is 5.13. The molecule has 29 heavy (non-hydrogen) atoms. The van der Waals surface area contributed by atoms with Crippen molar-refractivity contribution in [3.05, 3.63) is 65.2 Å². The van der Waals surface area contributed by atoms with Crippen molar-refractivity contribution in [3.8, 4) is 5.75 Å². The Morgan fingerprint density at radius 2 is 1.79 bits per heavy atom. The number of likely N-dealkylation sites (N-methyl/N-ethyl adjacent to an activating group) is 1. The molecule has 0 aliphatic heterocycles. The molecule has 2 amide bonds. The molecule has 0 saturated heterocycles. The van der Waals surface area contributed by atoms with Gasteiger partial charge in [0.15, 0.2) is 13.2 Å². The number of nitrogens with zero attached hydrogens (tertiary/aromatic N) is 1. The van der Waals surface area contributed by atoms with E-state index in [1.54, 1.807) is 11.9 Å². The SMILES string of the molecule is CN(C(=O)COC(=O)c1ccc(OCC(N)=O)cc1)[C@@H]1CCCc2ccccc21. The van der Waals surface area contributed by atoms with E-state index in [4.69, 9.17) is 15.2 Å². The molecule has 3 rings (SSSR count). The molecule has 2 aromatic carbocycles. The van der Waals surface area contributed by atoms with Crippen molar-refractivity contribution in [2.24, 2.45) is 5.73 Å². The fourth-order valence-corrected chi connectivity index (χ4v) is 3.46. The Balaban J connectivity index is 1.55. The minimum absolute atomic E-state index is 0.00663. The topological polar surface area (TPSA) is 98.9 Å². The van der Waals surface area contributed by atoms with E-state index in [0.717, 1.165) is 24.8 Å². The first kappa shape index (κ1) is 20.4. The Morgan fingerprint density at radius 3 is 2.52 bits per heavy atom. The first-order chi connectivity index (χ1) is 14.0. The van der Waals surface area contributed by atoms with Gasteiger partial charge in [0.05, 0.1) is 11.6 Å². The van der Waals surface area contributed by atoms with Crippen LogP contribution in [0.25, 0.3) is 0 Å². The highest BCUT2D eigenvalue weighted by molar-refractivity contribution is 5.91. The molecule has 0 bridgehead atoms. The van der Waals surface area contributed by atoms with Crippen LogP contribution in [0.15, 0.2) is 48.5 Å². The van der Waals surface area contributed by atoms with Gasteiger partial charge in [0.2, 0.25) is 0 Å². The molecular weight excluding hydrogens is 372 g/mol. The summed E-state index contributed by atoms with van der Waals surface area (Å²) in [5.41, 5.74) is 7.73. The molecule has 1 atom stereocenters. The van der Waals surface area contributed by atoms with Gasteiger partial charge >= 0.3 is 5.97 Å². The summed E-state index contributed by atoms with van der Waals surface area (Å²) < 4.78 is 10.3. The third-order valence-corrected chi connectivity index (χ3v) is 5.00. The van der Waals surface area contributed by atoms with Crippen molar-refractivity contribution >= 4 is 17.8 Å². The fraction of sp³-hybridized carbons (Fsp3) is 0.318. The molecule has 2 aromatic rings. The molecule has 7 nitrogen and oxygen atoms in total. The molecular formula is C22H24N2O5. The number of benzene rings is 2. The van der Waals surface area contributed by atoms with Crippen LogP contribution in [0.1, 0.15) is 40.4 Å². The highest BCUT2D eigenvalue weighted by Crippen LogP contribution is 2.33. The van der Waals surface area contributed by atoms with Crippen LogP contribution in [0.4, 0.5) is 0 Å². The monoisotopic (exact) mass is 396 g/mol. The van der Waals surface area contributed by atoms with Gasteiger partial charge in [-0.3, -0.25) is 9.59 Å². The standard InChI is InChI=1S/C22H24N2O5/c1-24(19-8-4-6-15-5-2-3-7-18(15)19)21(26)14-29-22(27)16-9-11-17(12-10-16)28-13-20(23)25/h2-3,5,7,9-12,19H,4,6,8,13-14H2,1H3,(H2,23,25)/t19-/m1/s1. The summed E-state index contributed by atoms with van der Waals surface area (Å²) in [5, 5.41) is 0. The van der Waals surface area contributed by atoms with Gasteiger partial charge < -0.3 is 20.1 Å². The van der Waals surface area contributed by atoms with Crippen LogP contribution in [0.3, 0.4) is 0 Å². The zero-order valence-corrected chi connectivity index (χ0v) is 16.3. The molecule has 0 saturated carbocycles. The number of rotatable bonds is 7. The molecule has 0 unspecified atom stereocenters. The quantitative estimate of drug-likeness (QED) is 0.724. The predicted octanol–water partition coefficient (Wildman–Crippen LogP) is 2.24. The molecule has 0 aromatic heterocycles. The fourth-order valence-electron chi connectivity index (χ4n) is 3.46. The van der Waals surface area contributed by atoms with Crippen LogP contribution in [0.2, 0.25) is 0 Å². The summed E-state index contributed by atoms with van der Waals surface area (Å²) in [6.07, 6.45) is 2.92. The second-order valence-corrected chi connectivity index (χ2v) is 6.97. The normalized spacial score (nSPS) is 15.1. The number of hydrogen-bond donors (Lipinski definition) is 1. The van der Waals surface area contributed by atoms with E-state index in [9.17, 15) is 14.4 Å². The molecule has 2 N–H and O–H groups in total. The molecule has 0 spiro atoms. The van der Waals surface area contributed by atoms with Crippen LogP contribution in [0.5, 0.6) is 5.75 Å². The molecule has 0 radical (unpaired) electrons. The van der Waals surface area contributed by atoms with Crippen LogP contribution in [-0.2, 0) is 20.7 Å². The highest BCUT2D eigenvalue weighted by atomic mass is 16.5. The van der Waals surface area contributed by atoms with E-state index >= 15 is 0 Å². The van der Waals surface area contributed by atoms with Crippen molar-refractivity contribution in [1.29, 1.82) is 0 Å². The Morgan fingerprint density at radius 1 is 1.07 bits per heavy atom. The molecule has 1 aliphatic rings. The Kier molecular flexibility index (Phi) is 6.49. The van der Waals surface area contributed by atoms with E-state index in [-0.39, 0.29) is 30.7 Å². The molecule has 0 heterocycles. The van der Waals surface area contributed by atoms with E-state index in [0.29, 0.717) is 5.75 Å². The van der Waals surface area contributed by atoms with Crippen molar-refractivity contribution < 1.29 is 23.9 Å². The lowest BCUT2D eigenvalue weighted by Crippen LogP contribution is -2.36. The number of amides is 2. The first-order valence-corrected chi connectivity index (χ1v) is 9.47. The average Bonchev–Trinajstić information content (AvgIpc) is 2.75. The summed E-state index contributed by atoms with van der Waals surface area (Å²) in [6.45, 7) is -0.567. The summed E-state index contributed by atoms with van der Waals surface area (Å²) >= 11 is 0. The van der Waals surface area contributed by atoms with Gasteiger partial charge in [0.1, 0.15) is 5.75 Å². The summed E-state index contributed by atoms with van der Waals surface area (Å²) in [4.78, 5) is 37.2. The van der Waals surface area contributed by atoms with Crippen LogP contribution in [0, 0.1) is 0 Å². The van der Waals surface area contributed by atoms with Crippen molar-refractivity contribution in [2.75, 3.05) is 20.3 Å². The Hall–Kier alpha value is -3.35. The number of aryl methyl sites for hydroxylation is 1. The van der Waals surface area contributed by atoms with Gasteiger partial charge in [-0.05, 0) is 54.7 Å². The van der Waals surface area contributed by atoms with Crippen molar-refractivity contribution in [3.63, 3.8) is 0 Å². The number of carbonyl (C=O) groups excluding carboxylic acids is 3. The lowest BCUT2D eigenvalue weighted by molar-refractivity contribution is -0.135. The third-order valence-electron chi connectivity index (χ3n) is 5.00. The van der Waals surface area contributed by atoms with Crippen molar-refractivity contribution in [1.82, 2.24) is 4.90 Å². The number of nitrogens with two attached hydrogens (primary N) is 1. The lowest BCUT2D eigenvalue weighted by Gasteiger charge is -2.33. The summed E-state index contributed by atoms with van der Waals surface area (Å²) in [7, 11) is 1.74. The maximum Gasteiger partial charge on any atom is 0.338 e. The number of carbonyl (C=O) groups is 3. The van der Waals surface area contributed by atoms with E-state index in [1.165, 1.54) is 29.8 Å². The smallest absolute Gasteiger partial charge is 0.338 e. The first-order valence-electron chi connectivity index (χ1n) is 9.47. The maximum absolute atomic E-state index is 12.6. The Bertz CT molecular complexity index is 894.